The van der Waals surface area contributed by atoms with E-state index in [9.17, 15) is 9.59 Å². The third-order valence-corrected chi connectivity index (χ3v) is 3.62. The van der Waals surface area contributed by atoms with Crippen LogP contribution in [-0.4, -0.2) is 30.6 Å². The summed E-state index contributed by atoms with van der Waals surface area (Å²) in [5.74, 6) is 0.344. The molecule has 2 heterocycles. The minimum atomic E-state index is -0.596. The van der Waals surface area contributed by atoms with Gasteiger partial charge in [0.1, 0.15) is 13.2 Å². The number of benzene rings is 1. The molecule has 0 radical (unpaired) electrons. The fraction of sp³-hybridized carbons (Fsp3) is 0.235. The van der Waals surface area contributed by atoms with E-state index in [1.54, 1.807) is 6.07 Å². The molecule has 1 aliphatic heterocycles. The van der Waals surface area contributed by atoms with E-state index in [1.165, 1.54) is 12.0 Å². The lowest BCUT2D eigenvalue weighted by Gasteiger charge is -2.28. The number of anilines is 2. The molecule has 0 spiro atoms. The summed E-state index contributed by atoms with van der Waals surface area (Å²) in [5, 5.41) is 2.64. The lowest BCUT2D eigenvalue weighted by Crippen LogP contribution is -2.42. The molecule has 1 aromatic heterocycles. The van der Waals surface area contributed by atoms with Gasteiger partial charge < -0.3 is 14.8 Å². The Kier molecular flexibility index (Phi) is 4.33. The van der Waals surface area contributed by atoms with Gasteiger partial charge in [0, 0.05) is 5.56 Å². The first kappa shape index (κ1) is 15.8. The molecular weight excluding hydrogens is 310 g/mol. The van der Waals surface area contributed by atoms with Crippen LogP contribution in [0, 0.1) is 6.92 Å². The number of ether oxygens (including phenoxy) is 2. The van der Waals surface area contributed by atoms with Gasteiger partial charge in [-0.2, -0.15) is 4.98 Å². The summed E-state index contributed by atoms with van der Waals surface area (Å²) in [6, 6.07) is 11.1. The fourth-order valence-electron chi connectivity index (χ4n) is 2.45. The average Bonchev–Trinajstić information content (AvgIpc) is 2.59. The third-order valence-electron chi connectivity index (χ3n) is 3.62. The van der Waals surface area contributed by atoms with Crippen molar-refractivity contribution in [3.8, 4) is 5.88 Å². The number of carbonyl (C=O) groups excluding carboxylic acids is 2. The van der Waals surface area contributed by atoms with E-state index in [0.717, 1.165) is 11.1 Å². The predicted octanol–water partition coefficient (Wildman–Crippen LogP) is 2.49. The second-order valence-electron chi connectivity index (χ2n) is 5.36. The zero-order valence-electron chi connectivity index (χ0n) is 13.4. The molecule has 2 aromatic rings. The van der Waals surface area contributed by atoms with E-state index in [1.807, 2.05) is 37.3 Å². The van der Waals surface area contributed by atoms with Crippen LogP contribution in [0.5, 0.6) is 5.88 Å². The number of hydrogen-bond donors (Lipinski definition) is 1. The summed E-state index contributed by atoms with van der Waals surface area (Å²) in [6.07, 6.45) is -0.596. The number of nitrogens with zero attached hydrogens (tertiary/aromatic N) is 2. The number of aromatic nitrogens is 1. The van der Waals surface area contributed by atoms with Crippen LogP contribution in [0.25, 0.3) is 0 Å². The second-order valence-corrected chi connectivity index (χ2v) is 5.36. The summed E-state index contributed by atoms with van der Waals surface area (Å²) in [6.45, 7) is 1.83. The Morgan fingerprint density at radius 3 is 2.79 bits per heavy atom. The van der Waals surface area contributed by atoms with Crippen LogP contribution in [0.1, 0.15) is 11.1 Å². The van der Waals surface area contributed by atoms with Gasteiger partial charge in [-0.3, -0.25) is 9.69 Å². The van der Waals surface area contributed by atoms with Crippen LogP contribution in [0.2, 0.25) is 0 Å². The molecule has 1 N–H and O–H groups in total. The van der Waals surface area contributed by atoms with Crippen molar-refractivity contribution in [2.75, 3.05) is 23.9 Å². The van der Waals surface area contributed by atoms with Crippen molar-refractivity contribution in [2.45, 2.75) is 13.5 Å². The Balaban J connectivity index is 1.82. The molecular formula is C17H17N3O4. The predicted molar refractivity (Wildman–Crippen MR) is 88.1 cm³/mol. The lowest BCUT2D eigenvalue weighted by atomic mass is 10.2. The van der Waals surface area contributed by atoms with Gasteiger partial charge in [-0.05, 0) is 18.6 Å². The van der Waals surface area contributed by atoms with Gasteiger partial charge in [-0.1, -0.05) is 30.3 Å². The molecule has 0 saturated heterocycles. The van der Waals surface area contributed by atoms with Crippen LogP contribution in [-0.2, 0) is 16.1 Å². The smallest absolute Gasteiger partial charge is 0.415 e. The van der Waals surface area contributed by atoms with E-state index in [0.29, 0.717) is 11.6 Å². The number of carbonyl (C=O) groups is 2. The molecule has 0 bridgehead atoms. The van der Waals surface area contributed by atoms with E-state index in [2.05, 4.69) is 10.3 Å². The molecule has 24 heavy (non-hydrogen) atoms. The summed E-state index contributed by atoms with van der Waals surface area (Å²) in [7, 11) is 1.50. The first-order valence-corrected chi connectivity index (χ1v) is 7.42. The van der Waals surface area contributed by atoms with Crippen LogP contribution in [0.15, 0.2) is 36.4 Å². The molecule has 0 saturated carbocycles. The fourth-order valence-corrected chi connectivity index (χ4v) is 2.45. The Bertz CT molecular complexity index is 777. The van der Waals surface area contributed by atoms with Gasteiger partial charge in [0.15, 0.2) is 5.82 Å². The van der Waals surface area contributed by atoms with E-state index >= 15 is 0 Å². The van der Waals surface area contributed by atoms with E-state index in [4.69, 9.17) is 9.47 Å². The highest BCUT2D eigenvalue weighted by molar-refractivity contribution is 6.07. The summed E-state index contributed by atoms with van der Waals surface area (Å²) < 4.78 is 10.5. The topological polar surface area (TPSA) is 80.8 Å². The summed E-state index contributed by atoms with van der Waals surface area (Å²) >= 11 is 0. The molecule has 0 atom stereocenters. The Labute approximate surface area is 139 Å². The van der Waals surface area contributed by atoms with Crippen molar-refractivity contribution in [3.63, 3.8) is 0 Å². The van der Waals surface area contributed by atoms with Gasteiger partial charge in [0.05, 0.1) is 12.8 Å². The van der Waals surface area contributed by atoms with Crippen LogP contribution in [0.3, 0.4) is 0 Å². The molecule has 7 heteroatoms. The minimum absolute atomic E-state index is 0.117. The van der Waals surface area contributed by atoms with E-state index < -0.39 is 6.09 Å². The third kappa shape index (κ3) is 3.15. The summed E-state index contributed by atoms with van der Waals surface area (Å²) in [5.41, 5.74) is 2.12. The number of fused-ring (bicyclic) bond motifs is 1. The zero-order valence-corrected chi connectivity index (χ0v) is 13.4. The zero-order chi connectivity index (χ0) is 17.1. The standard InChI is InChI=1S/C17H17N3O4/c1-11-8-13-15(19-16(11)23-2)18-14(21)9-20(13)17(22)24-10-12-6-4-3-5-7-12/h3-8H,9-10H2,1-2H3,(H,18,19,21). The monoisotopic (exact) mass is 327 g/mol. The molecule has 1 aromatic carbocycles. The van der Waals surface area contributed by atoms with Crippen molar-refractivity contribution in [2.24, 2.45) is 0 Å². The van der Waals surface area contributed by atoms with Crippen molar-refractivity contribution in [3.05, 3.63) is 47.5 Å². The molecule has 0 aliphatic carbocycles. The maximum absolute atomic E-state index is 12.4. The molecule has 3 rings (SSSR count). The Morgan fingerprint density at radius 2 is 2.08 bits per heavy atom. The molecule has 7 nitrogen and oxygen atoms in total. The van der Waals surface area contributed by atoms with Gasteiger partial charge in [0.25, 0.3) is 0 Å². The maximum Gasteiger partial charge on any atom is 0.415 e. The normalized spacial score (nSPS) is 13.1. The highest BCUT2D eigenvalue weighted by Gasteiger charge is 2.30. The van der Waals surface area contributed by atoms with Crippen molar-refractivity contribution in [1.29, 1.82) is 0 Å². The molecule has 1 aliphatic rings. The number of pyridine rings is 1. The van der Waals surface area contributed by atoms with Gasteiger partial charge in [-0.15, -0.1) is 0 Å². The minimum Gasteiger partial charge on any atom is -0.481 e. The molecule has 2 amide bonds. The SMILES string of the molecule is COc1nc2c(cc1C)N(C(=O)OCc1ccccc1)CC(=O)N2. The highest BCUT2D eigenvalue weighted by Crippen LogP contribution is 2.32. The maximum atomic E-state index is 12.4. The first-order chi connectivity index (χ1) is 11.6. The van der Waals surface area contributed by atoms with E-state index in [-0.39, 0.29) is 24.9 Å². The highest BCUT2D eigenvalue weighted by atomic mass is 16.6. The first-order valence-electron chi connectivity index (χ1n) is 7.42. The molecule has 0 unspecified atom stereocenters. The number of aryl methyl sites for hydroxylation is 1. The average molecular weight is 327 g/mol. The van der Waals surface area contributed by atoms with Crippen LogP contribution in [0.4, 0.5) is 16.3 Å². The number of rotatable bonds is 3. The van der Waals surface area contributed by atoms with Gasteiger partial charge >= 0.3 is 6.09 Å². The van der Waals surface area contributed by atoms with Crippen molar-refractivity contribution in [1.82, 2.24) is 4.98 Å². The Morgan fingerprint density at radius 1 is 1.33 bits per heavy atom. The number of hydrogen-bond acceptors (Lipinski definition) is 5. The van der Waals surface area contributed by atoms with Crippen LogP contribution < -0.4 is 15.0 Å². The number of methoxy groups -OCH3 is 1. The van der Waals surface area contributed by atoms with Gasteiger partial charge in [0.2, 0.25) is 11.8 Å². The number of nitrogens with one attached hydrogen (secondary N) is 1. The Hall–Kier alpha value is -3.09. The molecule has 124 valence electrons. The van der Waals surface area contributed by atoms with Crippen molar-refractivity contribution < 1.29 is 19.1 Å². The van der Waals surface area contributed by atoms with Crippen LogP contribution >= 0.6 is 0 Å². The lowest BCUT2D eigenvalue weighted by molar-refractivity contribution is -0.115. The molecule has 0 fully saturated rings. The second kappa shape index (κ2) is 6.57. The van der Waals surface area contributed by atoms with Gasteiger partial charge in [-0.25, -0.2) is 4.79 Å². The largest absolute Gasteiger partial charge is 0.481 e. The number of amides is 2. The summed E-state index contributed by atoms with van der Waals surface area (Å²) in [4.78, 5) is 29.8. The quantitative estimate of drug-likeness (QED) is 0.937. The van der Waals surface area contributed by atoms with Crippen molar-refractivity contribution >= 4 is 23.5 Å².